The average molecular weight is 431 g/mol. The Balaban J connectivity index is 1.84. The Morgan fingerprint density at radius 2 is 1.84 bits per heavy atom. The Hall–Kier alpha value is -1.80. The van der Waals surface area contributed by atoms with Gasteiger partial charge in [-0.25, -0.2) is 5.43 Å². The SMILES string of the molecule is O=C(CSCc1ccccc1Br)N/N=C\c1ccccc1C(F)(F)F. The van der Waals surface area contributed by atoms with E-state index >= 15 is 0 Å². The molecule has 2 rings (SSSR count). The number of rotatable bonds is 6. The van der Waals surface area contributed by atoms with Crippen molar-refractivity contribution in [2.45, 2.75) is 11.9 Å². The van der Waals surface area contributed by atoms with E-state index in [4.69, 9.17) is 0 Å². The summed E-state index contributed by atoms with van der Waals surface area (Å²) in [4.78, 5) is 11.7. The molecule has 0 spiro atoms. The van der Waals surface area contributed by atoms with Crippen LogP contribution in [0.5, 0.6) is 0 Å². The van der Waals surface area contributed by atoms with Gasteiger partial charge < -0.3 is 0 Å². The maximum atomic E-state index is 12.8. The summed E-state index contributed by atoms with van der Waals surface area (Å²) in [5.74, 6) is 0.410. The quantitative estimate of drug-likeness (QED) is 0.525. The number of hydrogen-bond donors (Lipinski definition) is 1. The molecule has 1 amide bonds. The van der Waals surface area contributed by atoms with Crippen molar-refractivity contribution in [1.82, 2.24) is 5.43 Å². The summed E-state index contributed by atoms with van der Waals surface area (Å²) in [5.41, 5.74) is 2.40. The van der Waals surface area contributed by atoms with E-state index in [1.807, 2.05) is 24.3 Å². The number of nitrogens with one attached hydrogen (secondary N) is 1. The van der Waals surface area contributed by atoms with Gasteiger partial charge in [0.15, 0.2) is 0 Å². The van der Waals surface area contributed by atoms with Crippen LogP contribution in [-0.2, 0) is 16.7 Å². The van der Waals surface area contributed by atoms with Crippen molar-refractivity contribution in [1.29, 1.82) is 0 Å². The molecule has 3 nitrogen and oxygen atoms in total. The molecule has 0 aromatic heterocycles. The minimum Gasteiger partial charge on any atom is -0.272 e. The molecule has 0 saturated heterocycles. The summed E-state index contributed by atoms with van der Waals surface area (Å²) >= 11 is 4.81. The van der Waals surface area contributed by atoms with Crippen LogP contribution in [0.25, 0.3) is 0 Å². The van der Waals surface area contributed by atoms with E-state index in [0.717, 1.165) is 22.3 Å². The van der Waals surface area contributed by atoms with Gasteiger partial charge in [0.05, 0.1) is 17.5 Å². The van der Waals surface area contributed by atoms with Crippen LogP contribution in [0.15, 0.2) is 58.1 Å². The van der Waals surface area contributed by atoms with Crippen molar-refractivity contribution in [3.05, 3.63) is 69.7 Å². The highest BCUT2D eigenvalue weighted by atomic mass is 79.9. The second-order valence-electron chi connectivity index (χ2n) is 4.96. The molecule has 0 aliphatic carbocycles. The fourth-order valence-corrected chi connectivity index (χ4v) is 3.38. The van der Waals surface area contributed by atoms with E-state index in [0.29, 0.717) is 5.75 Å². The van der Waals surface area contributed by atoms with Crippen LogP contribution < -0.4 is 5.43 Å². The van der Waals surface area contributed by atoms with Gasteiger partial charge in [0, 0.05) is 15.8 Å². The van der Waals surface area contributed by atoms with Crippen LogP contribution >= 0.6 is 27.7 Å². The van der Waals surface area contributed by atoms with Crippen LogP contribution in [0.4, 0.5) is 13.2 Å². The van der Waals surface area contributed by atoms with Crippen LogP contribution in [0, 0.1) is 0 Å². The first-order valence-corrected chi connectivity index (χ1v) is 9.12. The number of carbonyl (C=O) groups excluding carboxylic acids is 1. The highest BCUT2D eigenvalue weighted by Gasteiger charge is 2.32. The summed E-state index contributed by atoms with van der Waals surface area (Å²) < 4.78 is 39.5. The standard InChI is InChI=1S/C17H14BrF3N2OS/c18-15-8-4-2-6-13(15)10-25-11-16(24)23-22-9-12-5-1-3-7-14(12)17(19,20)21/h1-9H,10-11H2,(H,23,24)/b22-9-. The third-order valence-electron chi connectivity index (χ3n) is 3.11. The van der Waals surface area contributed by atoms with Crippen molar-refractivity contribution in [3.63, 3.8) is 0 Å². The normalized spacial score (nSPS) is 11.7. The second kappa shape index (κ2) is 9.05. The highest BCUT2D eigenvalue weighted by molar-refractivity contribution is 9.10. The minimum absolute atomic E-state index is 0.101. The summed E-state index contributed by atoms with van der Waals surface area (Å²) in [5, 5.41) is 3.61. The molecule has 1 N–H and O–H groups in total. The molecule has 2 aromatic rings. The van der Waals surface area contributed by atoms with E-state index < -0.39 is 11.7 Å². The number of carbonyl (C=O) groups is 1. The van der Waals surface area contributed by atoms with E-state index in [-0.39, 0.29) is 17.2 Å². The lowest BCUT2D eigenvalue weighted by Gasteiger charge is -2.09. The molecule has 8 heteroatoms. The zero-order valence-electron chi connectivity index (χ0n) is 12.9. The highest BCUT2D eigenvalue weighted by Crippen LogP contribution is 2.31. The first kappa shape index (κ1) is 19.5. The van der Waals surface area contributed by atoms with Crippen LogP contribution in [0.3, 0.4) is 0 Å². The van der Waals surface area contributed by atoms with Gasteiger partial charge in [-0.2, -0.15) is 18.3 Å². The lowest BCUT2D eigenvalue weighted by Crippen LogP contribution is -2.20. The number of halogens is 4. The zero-order chi connectivity index (χ0) is 18.3. The van der Waals surface area contributed by atoms with Crippen molar-refractivity contribution in [2.75, 3.05) is 5.75 Å². The van der Waals surface area contributed by atoms with Crippen molar-refractivity contribution in [2.24, 2.45) is 5.10 Å². The first-order valence-electron chi connectivity index (χ1n) is 7.17. The molecule has 25 heavy (non-hydrogen) atoms. The summed E-state index contributed by atoms with van der Waals surface area (Å²) in [6, 6.07) is 12.7. The Morgan fingerprint density at radius 3 is 2.56 bits per heavy atom. The molecule has 132 valence electrons. The molecule has 0 aliphatic heterocycles. The average Bonchev–Trinajstić information content (AvgIpc) is 2.56. The topological polar surface area (TPSA) is 41.5 Å². The minimum atomic E-state index is -4.47. The molecule has 2 aromatic carbocycles. The maximum absolute atomic E-state index is 12.8. The lowest BCUT2D eigenvalue weighted by atomic mass is 10.1. The third kappa shape index (κ3) is 6.21. The van der Waals surface area contributed by atoms with Crippen LogP contribution in [0.2, 0.25) is 0 Å². The number of amides is 1. The predicted molar refractivity (Wildman–Crippen MR) is 97.5 cm³/mol. The van der Waals surface area contributed by atoms with E-state index in [1.165, 1.54) is 30.0 Å². The van der Waals surface area contributed by atoms with Gasteiger partial charge in [0.25, 0.3) is 0 Å². The summed E-state index contributed by atoms with van der Waals surface area (Å²) in [7, 11) is 0. The fraction of sp³-hybridized carbons (Fsp3) is 0.176. The fourth-order valence-electron chi connectivity index (χ4n) is 1.94. The Bertz CT molecular complexity index is 766. The Labute approximate surface area is 155 Å². The molecular formula is C17H14BrF3N2OS. The monoisotopic (exact) mass is 430 g/mol. The van der Waals surface area contributed by atoms with Crippen LogP contribution in [-0.4, -0.2) is 17.9 Å². The molecule has 0 radical (unpaired) electrons. The molecular weight excluding hydrogens is 417 g/mol. The molecule has 0 unspecified atom stereocenters. The number of hydrazone groups is 1. The smallest absolute Gasteiger partial charge is 0.272 e. The Morgan fingerprint density at radius 1 is 1.16 bits per heavy atom. The van der Waals surface area contributed by atoms with Crippen molar-refractivity contribution >= 4 is 39.8 Å². The van der Waals surface area contributed by atoms with Gasteiger partial charge in [-0.3, -0.25) is 4.79 Å². The molecule has 0 heterocycles. The Kier molecular flexibility index (Phi) is 7.07. The maximum Gasteiger partial charge on any atom is 0.417 e. The molecule has 0 bridgehead atoms. The molecule has 0 saturated carbocycles. The van der Waals surface area contributed by atoms with E-state index in [1.54, 1.807) is 0 Å². The molecule has 0 aliphatic rings. The molecule has 0 fully saturated rings. The summed E-state index contributed by atoms with van der Waals surface area (Å²) in [6.45, 7) is 0. The van der Waals surface area contributed by atoms with Gasteiger partial charge in [0.2, 0.25) is 5.91 Å². The van der Waals surface area contributed by atoms with Gasteiger partial charge in [-0.05, 0) is 17.7 Å². The number of benzene rings is 2. The van der Waals surface area contributed by atoms with Gasteiger partial charge in [0.1, 0.15) is 0 Å². The number of thioether (sulfide) groups is 1. The second-order valence-corrected chi connectivity index (χ2v) is 6.80. The molecule has 0 atom stereocenters. The predicted octanol–water partition coefficient (Wildman–Crippen LogP) is 4.85. The van der Waals surface area contributed by atoms with E-state index in [2.05, 4.69) is 26.5 Å². The van der Waals surface area contributed by atoms with Crippen LogP contribution in [0.1, 0.15) is 16.7 Å². The van der Waals surface area contributed by atoms with Gasteiger partial charge in [-0.15, -0.1) is 11.8 Å². The number of alkyl halides is 3. The van der Waals surface area contributed by atoms with Gasteiger partial charge >= 0.3 is 6.18 Å². The largest absolute Gasteiger partial charge is 0.417 e. The lowest BCUT2D eigenvalue weighted by molar-refractivity contribution is -0.137. The van der Waals surface area contributed by atoms with Crippen molar-refractivity contribution < 1.29 is 18.0 Å². The zero-order valence-corrected chi connectivity index (χ0v) is 15.3. The summed E-state index contributed by atoms with van der Waals surface area (Å²) in [6.07, 6.45) is -3.47. The van der Waals surface area contributed by atoms with Gasteiger partial charge in [-0.1, -0.05) is 52.3 Å². The van der Waals surface area contributed by atoms with Crippen molar-refractivity contribution in [3.8, 4) is 0 Å². The number of hydrogen-bond acceptors (Lipinski definition) is 3. The third-order valence-corrected chi connectivity index (χ3v) is 4.86. The van der Waals surface area contributed by atoms with E-state index in [9.17, 15) is 18.0 Å². The number of nitrogens with zero attached hydrogens (tertiary/aromatic N) is 1. The first-order chi connectivity index (χ1) is 11.9.